The van der Waals surface area contributed by atoms with E-state index in [1.165, 1.54) is 32.1 Å². The number of rotatable bonds is 6. The molecule has 0 bridgehead atoms. The Morgan fingerprint density at radius 2 is 1.73 bits per heavy atom. The average molecular weight is 177 g/mol. The Morgan fingerprint density at radius 3 is 2.18 bits per heavy atom. The zero-order chi connectivity index (χ0) is 8.69. The molecule has 1 atom stereocenters. The van der Waals surface area contributed by atoms with Gasteiger partial charge in [0, 0.05) is 5.38 Å². The largest absolute Gasteiger partial charge is 0.123 e. The van der Waals surface area contributed by atoms with Gasteiger partial charge in [0.2, 0.25) is 0 Å². The topological polar surface area (TPSA) is 0 Å². The van der Waals surface area contributed by atoms with E-state index in [4.69, 9.17) is 11.6 Å². The van der Waals surface area contributed by atoms with Crippen molar-refractivity contribution in [3.63, 3.8) is 0 Å². The fourth-order valence-electron chi connectivity index (χ4n) is 1.21. The number of halogens is 1. The van der Waals surface area contributed by atoms with Crippen molar-refractivity contribution in [1.29, 1.82) is 0 Å². The van der Waals surface area contributed by atoms with Crippen LogP contribution < -0.4 is 0 Å². The molecule has 0 aromatic rings. The second-order valence-electron chi connectivity index (χ2n) is 3.71. The molecule has 0 aromatic carbocycles. The van der Waals surface area contributed by atoms with Crippen LogP contribution in [-0.2, 0) is 0 Å². The molecule has 0 saturated carbocycles. The van der Waals surface area contributed by atoms with Crippen molar-refractivity contribution in [2.45, 2.75) is 58.3 Å². The molecule has 11 heavy (non-hydrogen) atoms. The van der Waals surface area contributed by atoms with E-state index in [1.54, 1.807) is 0 Å². The molecule has 0 aliphatic heterocycles. The summed E-state index contributed by atoms with van der Waals surface area (Å²) in [6, 6.07) is 0. The Balaban J connectivity index is 3.10. The minimum Gasteiger partial charge on any atom is -0.123 e. The minimum absolute atomic E-state index is 0.429. The van der Waals surface area contributed by atoms with E-state index < -0.39 is 0 Å². The highest BCUT2D eigenvalue weighted by atomic mass is 35.5. The highest BCUT2D eigenvalue weighted by Gasteiger charge is 2.02. The van der Waals surface area contributed by atoms with Gasteiger partial charge in [-0.05, 0) is 18.8 Å². The third kappa shape index (κ3) is 8.19. The molecule has 68 valence electrons. The lowest BCUT2D eigenvalue weighted by Gasteiger charge is -2.08. The zero-order valence-electron chi connectivity index (χ0n) is 8.07. The summed E-state index contributed by atoms with van der Waals surface area (Å²) in [5, 5.41) is 0.429. The van der Waals surface area contributed by atoms with Crippen molar-refractivity contribution < 1.29 is 0 Å². The highest BCUT2D eigenvalue weighted by molar-refractivity contribution is 6.20. The summed E-state index contributed by atoms with van der Waals surface area (Å²) in [6.45, 7) is 6.73. The van der Waals surface area contributed by atoms with Crippen LogP contribution in [0.15, 0.2) is 0 Å². The first-order valence-corrected chi connectivity index (χ1v) is 5.24. The van der Waals surface area contributed by atoms with E-state index in [0.29, 0.717) is 5.38 Å². The number of hydrogen-bond acceptors (Lipinski definition) is 0. The summed E-state index contributed by atoms with van der Waals surface area (Å²) in [4.78, 5) is 0. The van der Waals surface area contributed by atoms with Gasteiger partial charge in [0.1, 0.15) is 0 Å². The van der Waals surface area contributed by atoms with Crippen LogP contribution in [0.2, 0.25) is 0 Å². The fraction of sp³-hybridized carbons (Fsp3) is 1.00. The third-order valence-electron chi connectivity index (χ3n) is 1.90. The van der Waals surface area contributed by atoms with Gasteiger partial charge in [0.05, 0.1) is 0 Å². The molecule has 0 fully saturated rings. The number of alkyl halides is 1. The van der Waals surface area contributed by atoms with Crippen LogP contribution >= 0.6 is 11.6 Å². The third-order valence-corrected chi connectivity index (χ3v) is 2.34. The normalized spacial score (nSPS) is 13.9. The first-order chi connectivity index (χ1) is 5.16. The fourth-order valence-corrected chi connectivity index (χ4v) is 1.58. The maximum Gasteiger partial charge on any atom is 0.0336 e. The molecule has 0 rings (SSSR count). The molecule has 0 heterocycles. The van der Waals surface area contributed by atoms with E-state index >= 15 is 0 Å². The molecule has 0 amide bonds. The molecule has 0 aliphatic rings. The summed E-state index contributed by atoms with van der Waals surface area (Å²) in [5.74, 6) is 0.834. The van der Waals surface area contributed by atoms with Crippen LogP contribution in [0.25, 0.3) is 0 Å². The van der Waals surface area contributed by atoms with E-state index in [-0.39, 0.29) is 0 Å². The van der Waals surface area contributed by atoms with Gasteiger partial charge in [-0.25, -0.2) is 0 Å². The van der Waals surface area contributed by atoms with Crippen LogP contribution in [0.3, 0.4) is 0 Å². The van der Waals surface area contributed by atoms with Crippen LogP contribution in [-0.4, -0.2) is 5.38 Å². The Hall–Kier alpha value is 0.290. The van der Waals surface area contributed by atoms with Crippen LogP contribution in [0.4, 0.5) is 0 Å². The van der Waals surface area contributed by atoms with E-state index in [9.17, 15) is 0 Å². The molecular formula is C10H21Cl. The summed E-state index contributed by atoms with van der Waals surface area (Å²) in [5.41, 5.74) is 0. The average Bonchev–Trinajstić information content (AvgIpc) is 1.87. The van der Waals surface area contributed by atoms with Gasteiger partial charge < -0.3 is 0 Å². The molecule has 0 spiro atoms. The predicted molar refractivity (Wildman–Crippen MR) is 53.2 cm³/mol. The van der Waals surface area contributed by atoms with Gasteiger partial charge in [0.15, 0.2) is 0 Å². The molecule has 0 saturated heterocycles. The van der Waals surface area contributed by atoms with Crippen LogP contribution in [0.5, 0.6) is 0 Å². The highest BCUT2D eigenvalue weighted by Crippen LogP contribution is 2.15. The van der Waals surface area contributed by atoms with Crippen molar-refractivity contribution in [2.24, 2.45) is 5.92 Å². The summed E-state index contributed by atoms with van der Waals surface area (Å²) in [7, 11) is 0. The van der Waals surface area contributed by atoms with Crippen molar-refractivity contribution in [3.8, 4) is 0 Å². The molecule has 0 nitrogen and oxygen atoms in total. The smallest absolute Gasteiger partial charge is 0.0336 e. The first kappa shape index (κ1) is 11.3. The van der Waals surface area contributed by atoms with Gasteiger partial charge in [-0.2, -0.15) is 0 Å². The monoisotopic (exact) mass is 176 g/mol. The van der Waals surface area contributed by atoms with Crippen molar-refractivity contribution in [1.82, 2.24) is 0 Å². The van der Waals surface area contributed by atoms with Crippen molar-refractivity contribution in [2.75, 3.05) is 0 Å². The molecule has 0 aliphatic carbocycles. The molecule has 1 unspecified atom stereocenters. The lowest BCUT2D eigenvalue weighted by Crippen LogP contribution is -1.98. The van der Waals surface area contributed by atoms with E-state index in [1.807, 2.05) is 0 Å². The lowest BCUT2D eigenvalue weighted by molar-refractivity contribution is 0.521. The quantitative estimate of drug-likeness (QED) is 0.532. The second-order valence-corrected chi connectivity index (χ2v) is 4.33. The van der Waals surface area contributed by atoms with E-state index in [2.05, 4.69) is 20.8 Å². The van der Waals surface area contributed by atoms with Gasteiger partial charge >= 0.3 is 0 Å². The predicted octanol–water partition coefficient (Wildman–Crippen LogP) is 4.22. The molecule has 1 heteroatoms. The van der Waals surface area contributed by atoms with E-state index in [0.717, 1.165) is 5.92 Å². The van der Waals surface area contributed by atoms with Gasteiger partial charge in [-0.3, -0.25) is 0 Å². The summed E-state index contributed by atoms with van der Waals surface area (Å²) >= 11 is 6.06. The molecule has 0 radical (unpaired) electrons. The maximum atomic E-state index is 6.06. The summed E-state index contributed by atoms with van der Waals surface area (Å²) in [6.07, 6.45) is 6.22. The SMILES string of the molecule is CCCC(Cl)CCCC(C)C. The summed E-state index contributed by atoms with van der Waals surface area (Å²) < 4.78 is 0. The molecule has 0 aromatic heterocycles. The van der Waals surface area contributed by atoms with Crippen LogP contribution in [0.1, 0.15) is 52.9 Å². The van der Waals surface area contributed by atoms with Crippen LogP contribution in [0, 0.1) is 5.92 Å². The molecular weight excluding hydrogens is 156 g/mol. The van der Waals surface area contributed by atoms with Gasteiger partial charge in [-0.15, -0.1) is 11.6 Å². The van der Waals surface area contributed by atoms with Crippen molar-refractivity contribution in [3.05, 3.63) is 0 Å². The van der Waals surface area contributed by atoms with Gasteiger partial charge in [-0.1, -0.05) is 40.0 Å². The first-order valence-electron chi connectivity index (χ1n) is 4.80. The second kappa shape index (κ2) is 6.97. The Kier molecular flexibility index (Phi) is 7.15. The number of hydrogen-bond donors (Lipinski definition) is 0. The Bertz CT molecular complexity index is 78.9. The minimum atomic E-state index is 0.429. The Labute approximate surface area is 76.3 Å². The maximum absolute atomic E-state index is 6.06. The Morgan fingerprint density at radius 1 is 1.09 bits per heavy atom. The zero-order valence-corrected chi connectivity index (χ0v) is 8.82. The van der Waals surface area contributed by atoms with Gasteiger partial charge in [0.25, 0.3) is 0 Å². The molecule has 0 N–H and O–H groups in total. The lowest BCUT2D eigenvalue weighted by atomic mass is 10.0. The van der Waals surface area contributed by atoms with Crippen molar-refractivity contribution >= 4 is 11.6 Å². The standard InChI is InChI=1S/C10H21Cl/c1-4-6-10(11)8-5-7-9(2)3/h9-10H,4-8H2,1-3H3.